The van der Waals surface area contributed by atoms with Crippen molar-refractivity contribution in [2.24, 2.45) is 0 Å². The number of fused-ring (bicyclic) bond motifs is 2. The second-order valence-corrected chi connectivity index (χ2v) is 7.71. The molecule has 0 fully saturated rings. The highest BCUT2D eigenvalue weighted by Gasteiger charge is 2.13. The van der Waals surface area contributed by atoms with Crippen LogP contribution in [-0.2, 0) is 4.79 Å². The van der Waals surface area contributed by atoms with E-state index in [1.54, 1.807) is 18.6 Å². The molecule has 0 aliphatic heterocycles. The number of H-pyrrole nitrogens is 2. The van der Waals surface area contributed by atoms with E-state index in [0.29, 0.717) is 17.9 Å². The van der Waals surface area contributed by atoms with Gasteiger partial charge >= 0.3 is 0 Å². The lowest BCUT2D eigenvalue weighted by Crippen LogP contribution is -2.27. The van der Waals surface area contributed by atoms with Crippen LogP contribution in [0.3, 0.4) is 0 Å². The van der Waals surface area contributed by atoms with Crippen molar-refractivity contribution in [1.82, 2.24) is 30.0 Å². The van der Waals surface area contributed by atoms with Gasteiger partial charge in [0.15, 0.2) is 5.65 Å². The molecule has 154 valence electrons. The maximum absolute atomic E-state index is 12.1. The van der Waals surface area contributed by atoms with Crippen molar-refractivity contribution < 1.29 is 4.79 Å². The van der Waals surface area contributed by atoms with Gasteiger partial charge in [-0.3, -0.25) is 14.9 Å². The SMILES string of the molecule is CN(C)CC(=O)Nc1cncc(-c2cnc3[nH]nc(-c4cc5ccccc5[nH]4)c3c2)c1. The van der Waals surface area contributed by atoms with E-state index in [2.05, 4.69) is 42.6 Å². The molecule has 0 unspecified atom stereocenters. The van der Waals surface area contributed by atoms with Crippen LogP contribution in [0.15, 0.2) is 61.1 Å². The maximum atomic E-state index is 12.1. The summed E-state index contributed by atoms with van der Waals surface area (Å²) in [5.74, 6) is -0.0894. The quantitative estimate of drug-likeness (QED) is 0.410. The first-order chi connectivity index (χ1) is 15.1. The van der Waals surface area contributed by atoms with Gasteiger partial charge in [0.05, 0.1) is 24.1 Å². The zero-order valence-electron chi connectivity index (χ0n) is 17.2. The molecule has 31 heavy (non-hydrogen) atoms. The molecule has 0 bridgehead atoms. The predicted molar refractivity (Wildman–Crippen MR) is 122 cm³/mol. The molecule has 3 N–H and O–H groups in total. The number of benzene rings is 1. The minimum Gasteiger partial charge on any atom is -0.353 e. The van der Waals surface area contributed by atoms with Crippen molar-refractivity contribution >= 4 is 33.5 Å². The first-order valence-electron chi connectivity index (χ1n) is 9.89. The lowest BCUT2D eigenvalue weighted by molar-refractivity contribution is -0.116. The third-order valence-electron chi connectivity index (χ3n) is 5.02. The Kier molecular flexibility index (Phi) is 4.68. The smallest absolute Gasteiger partial charge is 0.238 e. The summed E-state index contributed by atoms with van der Waals surface area (Å²) in [6, 6.07) is 14.1. The van der Waals surface area contributed by atoms with Crippen molar-refractivity contribution in [2.75, 3.05) is 26.0 Å². The predicted octanol–water partition coefficient (Wildman–Crippen LogP) is 3.67. The van der Waals surface area contributed by atoms with Gasteiger partial charge in [0, 0.05) is 39.8 Å². The first kappa shape index (κ1) is 19.0. The van der Waals surface area contributed by atoms with Gasteiger partial charge in [0.25, 0.3) is 0 Å². The number of nitrogens with one attached hydrogen (secondary N) is 3. The standard InChI is InChI=1S/C23H21N7O/c1-30(2)13-21(31)26-17-7-15(10-24-12-17)16-8-18-22(28-29-23(18)25-11-16)20-9-14-5-3-4-6-19(14)27-20/h3-12,27H,13H2,1-2H3,(H,26,31)(H,25,28,29). The summed E-state index contributed by atoms with van der Waals surface area (Å²) in [6.07, 6.45) is 5.17. The minimum atomic E-state index is -0.0894. The van der Waals surface area contributed by atoms with Crippen LogP contribution in [0.2, 0.25) is 0 Å². The Balaban J connectivity index is 1.51. The van der Waals surface area contributed by atoms with E-state index in [4.69, 9.17) is 0 Å². The summed E-state index contributed by atoms with van der Waals surface area (Å²) in [6.45, 7) is 0.306. The van der Waals surface area contributed by atoms with Gasteiger partial charge in [-0.25, -0.2) is 4.98 Å². The molecular weight excluding hydrogens is 390 g/mol. The molecule has 8 heteroatoms. The summed E-state index contributed by atoms with van der Waals surface area (Å²) >= 11 is 0. The average Bonchev–Trinajstić information content (AvgIpc) is 3.36. The normalized spacial score (nSPS) is 11.5. The van der Waals surface area contributed by atoms with Crippen molar-refractivity contribution in [3.63, 3.8) is 0 Å². The lowest BCUT2D eigenvalue weighted by Gasteiger charge is -2.10. The molecule has 1 amide bonds. The van der Waals surface area contributed by atoms with Gasteiger partial charge < -0.3 is 15.2 Å². The number of aromatic amines is 2. The molecule has 0 saturated carbocycles. The lowest BCUT2D eigenvalue weighted by atomic mass is 10.1. The Morgan fingerprint density at radius 3 is 2.74 bits per heavy atom. The second kappa shape index (κ2) is 7.66. The Bertz CT molecular complexity index is 1370. The van der Waals surface area contributed by atoms with Crippen molar-refractivity contribution in [1.29, 1.82) is 0 Å². The van der Waals surface area contributed by atoms with Crippen LogP contribution in [0.4, 0.5) is 5.69 Å². The highest BCUT2D eigenvalue weighted by Crippen LogP contribution is 2.31. The Labute approximate surface area is 178 Å². The molecule has 5 rings (SSSR count). The molecular formula is C23H21N7O. The monoisotopic (exact) mass is 411 g/mol. The van der Waals surface area contributed by atoms with Gasteiger partial charge in [0.1, 0.15) is 5.69 Å². The highest BCUT2D eigenvalue weighted by molar-refractivity contribution is 5.96. The number of likely N-dealkylation sites (N-methyl/N-ethyl adjacent to an activating group) is 1. The zero-order valence-corrected chi connectivity index (χ0v) is 17.2. The number of carbonyl (C=O) groups is 1. The third-order valence-corrected chi connectivity index (χ3v) is 5.02. The van der Waals surface area contributed by atoms with E-state index in [-0.39, 0.29) is 5.91 Å². The van der Waals surface area contributed by atoms with Crippen LogP contribution in [-0.4, -0.2) is 56.6 Å². The Hall–Kier alpha value is -4.04. The molecule has 0 saturated heterocycles. The van der Waals surface area contributed by atoms with E-state index in [1.165, 1.54) is 0 Å². The van der Waals surface area contributed by atoms with Gasteiger partial charge in [0.2, 0.25) is 5.91 Å². The number of pyridine rings is 2. The largest absolute Gasteiger partial charge is 0.353 e. The van der Waals surface area contributed by atoms with Crippen LogP contribution in [0.1, 0.15) is 0 Å². The molecule has 0 aliphatic rings. The molecule has 4 aromatic heterocycles. The molecule has 1 aromatic carbocycles. The van der Waals surface area contributed by atoms with Gasteiger partial charge in [-0.2, -0.15) is 5.10 Å². The fourth-order valence-corrected chi connectivity index (χ4v) is 3.62. The van der Waals surface area contributed by atoms with Crippen molar-refractivity contribution in [3.05, 3.63) is 61.1 Å². The summed E-state index contributed by atoms with van der Waals surface area (Å²) in [5.41, 5.74) is 5.90. The van der Waals surface area contributed by atoms with Gasteiger partial charge in [-0.15, -0.1) is 0 Å². The fraction of sp³-hybridized carbons (Fsp3) is 0.130. The average molecular weight is 411 g/mol. The van der Waals surface area contributed by atoms with Crippen LogP contribution in [0.5, 0.6) is 0 Å². The number of rotatable bonds is 5. The van der Waals surface area contributed by atoms with E-state index in [0.717, 1.165) is 38.8 Å². The Morgan fingerprint density at radius 2 is 1.90 bits per heavy atom. The summed E-state index contributed by atoms with van der Waals surface area (Å²) in [5, 5.41) is 12.4. The highest BCUT2D eigenvalue weighted by atomic mass is 16.2. The molecule has 0 atom stereocenters. The van der Waals surface area contributed by atoms with E-state index in [9.17, 15) is 4.79 Å². The zero-order chi connectivity index (χ0) is 21.4. The van der Waals surface area contributed by atoms with Crippen molar-refractivity contribution in [2.45, 2.75) is 0 Å². The van der Waals surface area contributed by atoms with Gasteiger partial charge in [-0.1, -0.05) is 18.2 Å². The number of para-hydroxylation sites is 1. The van der Waals surface area contributed by atoms with Crippen LogP contribution >= 0.6 is 0 Å². The number of hydrogen-bond acceptors (Lipinski definition) is 5. The molecule has 0 spiro atoms. The topological polar surface area (TPSA) is 103 Å². The second-order valence-electron chi connectivity index (χ2n) is 7.71. The number of amides is 1. The van der Waals surface area contributed by atoms with Gasteiger partial charge in [-0.05, 0) is 38.4 Å². The third kappa shape index (κ3) is 3.76. The van der Waals surface area contributed by atoms with E-state index < -0.39 is 0 Å². The Morgan fingerprint density at radius 1 is 1.06 bits per heavy atom. The van der Waals surface area contributed by atoms with Crippen LogP contribution < -0.4 is 5.32 Å². The maximum Gasteiger partial charge on any atom is 0.238 e. The number of aromatic nitrogens is 5. The van der Waals surface area contributed by atoms with E-state index in [1.807, 2.05) is 49.3 Å². The van der Waals surface area contributed by atoms with E-state index >= 15 is 0 Å². The number of anilines is 1. The number of carbonyl (C=O) groups excluding carboxylic acids is 1. The first-order valence-corrected chi connectivity index (χ1v) is 9.89. The molecule has 8 nitrogen and oxygen atoms in total. The molecule has 5 aromatic rings. The summed E-state index contributed by atoms with van der Waals surface area (Å²) < 4.78 is 0. The fourth-order valence-electron chi connectivity index (χ4n) is 3.62. The number of nitrogens with zero attached hydrogens (tertiary/aromatic N) is 4. The van der Waals surface area contributed by atoms with Crippen LogP contribution in [0, 0.1) is 0 Å². The van der Waals surface area contributed by atoms with Crippen molar-refractivity contribution in [3.8, 4) is 22.5 Å². The molecule has 0 aliphatic carbocycles. The molecule has 0 radical (unpaired) electrons. The number of hydrogen-bond donors (Lipinski definition) is 3. The minimum absolute atomic E-state index is 0.0894. The van der Waals surface area contributed by atoms with Crippen LogP contribution in [0.25, 0.3) is 44.5 Å². The summed E-state index contributed by atoms with van der Waals surface area (Å²) in [4.78, 5) is 26.1. The summed E-state index contributed by atoms with van der Waals surface area (Å²) in [7, 11) is 3.70. The molecule has 4 heterocycles.